The fourth-order valence-electron chi connectivity index (χ4n) is 1.29. The Morgan fingerprint density at radius 3 is 2.47 bits per heavy atom. The maximum Gasteiger partial charge on any atom is 0.306 e. The van der Waals surface area contributed by atoms with Crippen LogP contribution in [0.2, 0.25) is 0 Å². The van der Waals surface area contributed by atoms with E-state index in [9.17, 15) is 19.7 Å². The molecule has 1 aromatic carbocycles. The number of hydrogen-bond donors (Lipinski definition) is 1. The van der Waals surface area contributed by atoms with E-state index in [-0.39, 0.29) is 18.7 Å². The highest BCUT2D eigenvalue weighted by Gasteiger charge is 2.08. The second kappa shape index (κ2) is 7.10. The third kappa shape index (κ3) is 5.15. The van der Waals surface area contributed by atoms with Crippen LogP contribution in [0.5, 0.6) is 0 Å². The van der Waals surface area contributed by atoms with Gasteiger partial charge in [-0.25, -0.2) is 0 Å². The fraction of sp³-hybridized carbons (Fsp3) is 0.333. The highest BCUT2D eigenvalue weighted by molar-refractivity contribution is 5.92. The van der Waals surface area contributed by atoms with E-state index in [1.54, 1.807) is 0 Å². The molecule has 7 heteroatoms. The summed E-state index contributed by atoms with van der Waals surface area (Å²) in [4.78, 5) is 32.4. The molecule has 0 atom stereocenters. The molecule has 0 unspecified atom stereocenters. The highest BCUT2D eigenvalue weighted by Crippen LogP contribution is 2.15. The van der Waals surface area contributed by atoms with E-state index in [4.69, 9.17) is 4.74 Å². The summed E-state index contributed by atoms with van der Waals surface area (Å²) in [5, 5.41) is 12.9. The van der Waals surface area contributed by atoms with Gasteiger partial charge in [-0.05, 0) is 18.6 Å². The molecule has 0 bridgehead atoms. The van der Waals surface area contributed by atoms with E-state index in [1.165, 1.54) is 24.3 Å². The summed E-state index contributed by atoms with van der Waals surface area (Å²) in [6.45, 7) is 1.47. The number of rotatable bonds is 6. The average molecular weight is 266 g/mol. The Morgan fingerprint density at radius 1 is 1.32 bits per heavy atom. The van der Waals surface area contributed by atoms with Gasteiger partial charge in [-0.1, -0.05) is 6.92 Å². The van der Waals surface area contributed by atoms with Crippen molar-refractivity contribution >= 4 is 23.3 Å². The molecule has 1 amide bonds. The molecule has 102 valence electrons. The third-order valence-corrected chi connectivity index (χ3v) is 2.18. The van der Waals surface area contributed by atoms with Crippen molar-refractivity contribution in [3.05, 3.63) is 34.4 Å². The van der Waals surface area contributed by atoms with Crippen molar-refractivity contribution in [2.75, 3.05) is 11.9 Å². The maximum absolute atomic E-state index is 11.4. The zero-order valence-electron chi connectivity index (χ0n) is 10.4. The fourth-order valence-corrected chi connectivity index (χ4v) is 1.29. The highest BCUT2D eigenvalue weighted by atomic mass is 16.6. The molecule has 0 saturated carbocycles. The summed E-state index contributed by atoms with van der Waals surface area (Å²) in [6, 6.07) is 5.37. The Morgan fingerprint density at radius 2 is 1.95 bits per heavy atom. The topological polar surface area (TPSA) is 98.5 Å². The predicted molar refractivity (Wildman–Crippen MR) is 67.6 cm³/mol. The van der Waals surface area contributed by atoms with Crippen molar-refractivity contribution in [1.29, 1.82) is 0 Å². The Hall–Kier alpha value is -2.44. The molecule has 0 spiro atoms. The number of carbonyl (C=O) groups is 2. The lowest BCUT2D eigenvalue weighted by molar-refractivity contribution is -0.384. The smallest absolute Gasteiger partial charge is 0.306 e. The molecule has 0 saturated heterocycles. The summed E-state index contributed by atoms with van der Waals surface area (Å²) >= 11 is 0. The molecule has 1 rings (SSSR count). The molecule has 0 aliphatic rings. The number of hydrogen-bond acceptors (Lipinski definition) is 5. The number of non-ortho nitro benzene ring substituents is 1. The van der Waals surface area contributed by atoms with Crippen molar-refractivity contribution in [2.45, 2.75) is 19.8 Å². The third-order valence-electron chi connectivity index (χ3n) is 2.18. The molecule has 1 N–H and O–H groups in total. The number of nitrogens with zero attached hydrogens (tertiary/aromatic N) is 1. The Kier molecular flexibility index (Phi) is 5.46. The molecule has 0 heterocycles. The molecule has 0 radical (unpaired) electrons. The summed E-state index contributed by atoms with van der Waals surface area (Å²) in [7, 11) is 0. The van der Waals surface area contributed by atoms with Crippen molar-refractivity contribution in [3.63, 3.8) is 0 Å². The molecule has 0 aliphatic heterocycles. The number of nitro groups is 1. The van der Waals surface area contributed by atoms with E-state index in [0.717, 1.165) is 0 Å². The molecule has 0 aromatic heterocycles. The minimum atomic E-state index is -0.530. The van der Waals surface area contributed by atoms with Crippen LogP contribution >= 0.6 is 0 Å². The number of amides is 1. The van der Waals surface area contributed by atoms with Crippen LogP contribution in [0.15, 0.2) is 24.3 Å². The van der Waals surface area contributed by atoms with Gasteiger partial charge >= 0.3 is 5.97 Å². The molecule has 7 nitrogen and oxygen atoms in total. The first-order valence-electron chi connectivity index (χ1n) is 5.73. The minimum absolute atomic E-state index is 0.0626. The number of esters is 1. The van der Waals surface area contributed by atoms with Gasteiger partial charge in [0.05, 0.1) is 4.92 Å². The van der Waals surface area contributed by atoms with Crippen LogP contribution in [0, 0.1) is 10.1 Å². The molecule has 0 aliphatic carbocycles. The summed E-state index contributed by atoms with van der Waals surface area (Å²) in [5.74, 6) is -0.917. The van der Waals surface area contributed by atoms with Gasteiger partial charge < -0.3 is 10.1 Å². The van der Waals surface area contributed by atoms with Gasteiger partial charge in [-0.3, -0.25) is 19.7 Å². The molecule has 1 aromatic rings. The SMILES string of the molecule is CCCC(=O)OCC(=O)Nc1ccc([N+](=O)[O-])cc1. The van der Waals surface area contributed by atoms with E-state index >= 15 is 0 Å². The van der Waals surface area contributed by atoms with Crippen LogP contribution in [-0.4, -0.2) is 23.4 Å². The van der Waals surface area contributed by atoms with E-state index < -0.39 is 16.8 Å². The van der Waals surface area contributed by atoms with Crippen LogP contribution in [0.1, 0.15) is 19.8 Å². The van der Waals surface area contributed by atoms with Crippen LogP contribution < -0.4 is 5.32 Å². The van der Waals surface area contributed by atoms with E-state index in [0.29, 0.717) is 12.1 Å². The number of ether oxygens (including phenoxy) is 1. The van der Waals surface area contributed by atoms with Crippen molar-refractivity contribution in [2.24, 2.45) is 0 Å². The minimum Gasteiger partial charge on any atom is -0.456 e. The maximum atomic E-state index is 11.4. The summed E-state index contributed by atoms with van der Waals surface area (Å²) < 4.78 is 4.72. The second-order valence-corrected chi connectivity index (χ2v) is 3.76. The summed E-state index contributed by atoms with van der Waals surface area (Å²) in [5.41, 5.74) is 0.342. The number of benzene rings is 1. The monoisotopic (exact) mass is 266 g/mol. The lowest BCUT2D eigenvalue weighted by Gasteiger charge is -2.05. The molecule has 0 fully saturated rings. The van der Waals surface area contributed by atoms with E-state index in [1.807, 2.05) is 6.92 Å². The quantitative estimate of drug-likeness (QED) is 0.481. The first kappa shape index (κ1) is 14.6. The molecular formula is C12H14N2O5. The zero-order valence-corrected chi connectivity index (χ0v) is 10.4. The first-order chi connectivity index (χ1) is 9.02. The number of anilines is 1. The zero-order chi connectivity index (χ0) is 14.3. The lowest BCUT2D eigenvalue weighted by Crippen LogP contribution is -2.20. The van der Waals surface area contributed by atoms with Gasteiger partial charge in [0, 0.05) is 24.2 Å². The standard InChI is InChI=1S/C12H14N2O5/c1-2-3-12(16)19-8-11(15)13-9-4-6-10(7-5-9)14(17)18/h4-7H,2-3,8H2,1H3,(H,13,15). The number of carbonyl (C=O) groups excluding carboxylic acids is 2. The van der Waals surface area contributed by atoms with Crippen molar-refractivity contribution in [1.82, 2.24) is 0 Å². The number of nitro benzene ring substituents is 1. The van der Waals surface area contributed by atoms with Gasteiger partial charge in [0.2, 0.25) is 0 Å². The molecular weight excluding hydrogens is 252 g/mol. The van der Waals surface area contributed by atoms with Gasteiger partial charge in [-0.2, -0.15) is 0 Å². The predicted octanol–water partition coefficient (Wildman–Crippen LogP) is 1.88. The van der Waals surface area contributed by atoms with Gasteiger partial charge in [-0.15, -0.1) is 0 Å². The Bertz CT molecular complexity index is 470. The van der Waals surface area contributed by atoms with Crippen LogP contribution in [0.3, 0.4) is 0 Å². The van der Waals surface area contributed by atoms with Gasteiger partial charge in [0.1, 0.15) is 0 Å². The number of nitrogens with one attached hydrogen (secondary N) is 1. The largest absolute Gasteiger partial charge is 0.456 e. The van der Waals surface area contributed by atoms with Crippen LogP contribution in [-0.2, 0) is 14.3 Å². The molecule has 19 heavy (non-hydrogen) atoms. The van der Waals surface area contributed by atoms with E-state index in [2.05, 4.69) is 5.32 Å². The van der Waals surface area contributed by atoms with Crippen molar-refractivity contribution in [3.8, 4) is 0 Å². The van der Waals surface area contributed by atoms with Gasteiger partial charge in [0.15, 0.2) is 6.61 Å². The van der Waals surface area contributed by atoms with Crippen molar-refractivity contribution < 1.29 is 19.2 Å². The average Bonchev–Trinajstić information content (AvgIpc) is 2.37. The van der Waals surface area contributed by atoms with Gasteiger partial charge in [0.25, 0.3) is 11.6 Å². The second-order valence-electron chi connectivity index (χ2n) is 3.76. The van der Waals surface area contributed by atoms with Crippen LogP contribution in [0.25, 0.3) is 0 Å². The Labute approximate surface area is 109 Å². The van der Waals surface area contributed by atoms with Crippen LogP contribution in [0.4, 0.5) is 11.4 Å². The summed E-state index contributed by atoms with van der Waals surface area (Å²) in [6.07, 6.45) is 0.924. The first-order valence-corrected chi connectivity index (χ1v) is 5.73. The Balaban J connectivity index is 2.44. The lowest BCUT2D eigenvalue weighted by atomic mass is 10.3. The normalized spacial score (nSPS) is 9.74.